The molecule has 9 nitrogen and oxygen atoms in total. The monoisotopic (exact) mass is 699 g/mol. The first-order valence-electron chi connectivity index (χ1n) is 16.8. The van der Waals surface area contributed by atoms with Crippen molar-refractivity contribution in [3.05, 3.63) is 69.7 Å². The van der Waals surface area contributed by atoms with E-state index >= 15 is 4.39 Å². The highest BCUT2D eigenvalue weighted by Gasteiger charge is 2.27. The number of fused-ring (bicyclic) bond motifs is 2. The molecule has 5 aromatic rings. The molecule has 0 amide bonds. The van der Waals surface area contributed by atoms with E-state index in [1.54, 1.807) is 20.8 Å². The van der Waals surface area contributed by atoms with Gasteiger partial charge in [0, 0.05) is 42.0 Å². The summed E-state index contributed by atoms with van der Waals surface area (Å²) in [6.45, 7) is 13.7. The van der Waals surface area contributed by atoms with Crippen molar-refractivity contribution >= 4 is 40.1 Å². The highest BCUT2D eigenvalue weighted by molar-refractivity contribution is 7.17. The van der Waals surface area contributed by atoms with Gasteiger partial charge in [0.05, 0.1) is 24.3 Å². The van der Waals surface area contributed by atoms with Crippen LogP contribution in [0.4, 0.5) is 10.1 Å². The second kappa shape index (κ2) is 14.7. The number of pyridine rings is 1. The average Bonchev–Trinajstić information content (AvgIpc) is 3.67. The minimum atomic E-state index is -0.975. The van der Waals surface area contributed by atoms with Crippen molar-refractivity contribution in [2.24, 2.45) is 7.05 Å². The zero-order valence-corrected chi connectivity index (χ0v) is 31.1. The first-order chi connectivity index (χ1) is 23.6. The van der Waals surface area contributed by atoms with Crippen LogP contribution < -0.4 is 10.1 Å². The predicted molar refractivity (Wildman–Crippen MR) is 201 cm³/mol. The van der Waals surface area contributed by atoms with Crippen molar-refractivity contribution in [3.63, 3.8) is 0 Å². The lowest BCUT2D eigenvalue weighted by atomic mass is 9.87. The molecule has 50 heavy (non-hydrogen) atoms. The Morgan fingerprint density at radius 3 is 2.52 bits per heavy atom. The van der Waals surface area contributed by atoms with Gasteiger partial charge in [0.15, 0.2) is 16.6 Å². The van der Waals surface area contributed by atoms with Crippen LogP contribution in [-0.2, 0) is 24.7 Å². The molecule has 6 rings (SSSR count). The summed E-state index contributed by atoms with van der Waals surface area (Å²) in [6, 6.07) is 9.67. The zero-order valence-electron chi connectivity index (χ0n) is 30.3. The first kappa shape index (κ1) is 36.7. The Labute approximate surface area is 296 Å². The molecule has 0 saturated heterocycles. The Kier molecular flexibility index (Phi) is 10.8. The number of nitrogens with zero attached hydrogens (tertiary/aromatic N) is 4. The third kappa shape index (κ3) is 7.74. The number of aliphatic carboxylic acids is 1. The van der Waals surface area contributed by atoms with Gasteiger partial charge in [-0.25, -0.2) is 9.37 Å². The lowest BCUT2D eigenvalue weighted by molar-refractivity contribution is -0.136. The van der Waals surface area contributed by atoms with Gasteiger partial charge in [-0.2, -0.15) is 0 Å². The Morgan fingerprint density at radius 1 is 1.16 bits per heavy atom. The van der Waals surface area contributed by atoms with Crippen LogP contribution >= 0.6 is 11.3 Å². The summed E-state index contributed by atoms with van der Waals surface area (Å²) in [5, 5.41) is 33.0. The highest BCUT2D eigenvalue weighted by atomic mass is 32.1. The summed E-state index contributed by atoms with van der Waals surface area (Å²) < 4.78 is 23.1. The number of rotatable bonds is 8. The maximum absolute atomic E-state index is 15.5. The number of allylic oxidation sites excluding steroid dienone is 1. The SMILES string of the molecule is CC(C)(C)O.CCC(C)=Cc1cc(-c2nnc(-c3cc4c(-c5cc(F)c6c(c5C)CCCO6)c(CC(=O)O)c(C)nc4n3C)s2)ccc1NC. The molecule has 11 heteroatoms. The van der Waals surface area contributed by atoms with E-state index in [1.165, 1.54) is 23.0 Å². The molecular weight excluding hydrogens is 654 g/mol. The number of hydrogen-bond acceptors (Lipinski definition) is 8. The zero-order chi connectivity index (χ0) is 36.5. The molecule has 2 aromatic carbocycles. The fourth-order valence-corrected chi connectivity index (χ4v) is 7.03. The van der Waals surface area contributed by atoms with Crippen LogP contribution in [0.2, 0.25) is 0 Å². The maximum Gasteiger partial charge on any atom is 0.307 e. The van der Waals surface area contributed by atoms with E-state index in [9.17, 15) is 9.90 Å². The van der Waals surface area contributed by atoms with Crippen molar-refractivity contribution in [3.8, 4) is 38.1 Å². The number of hydrogen-bond donors (Lipinski definition) is 3. The third-order valence-corrected chi connectivity index (χ3v) is 9.68. The summed E-state index contributed by atoms with van der Waals surface area (Å²) in [5.74, 6) is -1.12. The van der Waals surface area contributed by atoms with E-state index in [1.807, 2.05) is 44.6 Å². The van der Waals surface area contributed by atoms with Gasteiger partial charge in [-0.15, -0.1) is 10.2 Å². The molecule has 0 atom stereocenters. The predicted octanol–water partition coefficient (Wildman–Crippen LogP) is 8.77. The normalized spacial score (nSPS) is 13.1. The Balaban J connectivity index is 0.000000908. The van der Waals surface area contributed by atoms with Gasteiger partial charge in [0.1, 0.15) is 10.7 Å². The van der Waals surface area contributed by atoms with Gasteiger partial charge in [0.25, 0.3) is 0 Å². The first-order valence-corrected chi connectivity index (χ1v) is 17.6. The molecule has 264 valence electrons. The van der Waals surface area contributed by atoms with Crippen LogP contribution in [0.25, 0.3) is 49.5 Å². The van der Waals surface area contributed by atoms with Gasteiger partial charge in [0.2, 0.25) is 0 Å². The molecule has 3 aromatic heterocycles. The van der Waals surface area contributed by atoms with E-state index in [0.717, 1.165) is 56.9 Å². The number of halogens is 1. The molecule has 0 fully saturated rings. The highest BCUT2D eigenvalue weighted by Crippen LogP contribution is 2.43. The Morgan fingerprint density at radius 2 is 1.86 bits per heavy atom. The molecule has 4 heterocycles. The molecule has 1 aliphatic heterocycles. The van der Waals surface area contributed by atoms with Crippen molar-refractivity contribution in [1.82, 2.24) is 19.7 Å². The molecule has 0 aliphatic carbocycles. The number of carboxylic acid groups (broad SMARTS) is 1. The standard InChI is InChI=1S/C35H36FN5O3S.C4H10O/c1-7-18(2)13-22-14-21(10-11-28(22)37-5)34-39-40-35(45-34)29-16-26-31(25(17-30(42)43)20(4)38-33(26)41(29)6)24-15-27(36)32-23(19(24)3)9-8-12-44-32;1-4(2,3)5/h10-11,13-16,37H,7-9,12,17H2,1-6H3,(H,42,43);5H,1-3H3. The van der Waals surface area contributed by atoms with Crippen LogP contribution in [0, 0.1) is 19.7 Å². The van der Waals surface area contributed by atoms with Crippen LogP contribution in [0.3, 0.4) is 0 Å². The van der Waals surface area contributed by atoms with E-state index in [4.69, 9.17) is 14.8 Å². The lowest BCUT2D eigenvalue weighted by Gasteiger charge is -2.23. The summed E-state index contributed by atoms with van der Waals surface area (Å²) in [6.07, 6.45) is 4.41. The van der Waals surface area contributed by atoms with Gasteiger partial charge in [-0.1, -0.05) is 29.9 Å². The van der Waals surface area contributed by atoms with Crippen LogP contribution in [-0.4, -0.2) is 55.2 Å². The number of aryl methyl sites for hydroxylation is 2. The van der Waals surface area contributed by atoms with E-state index in [2.05, 4.69) is 47.6 Å². The Hall–Kier alpha value is -4.61. The Bertz CT molecular complexity index is 2100. The van der Waals surface area contributed by atoms with Crippen molar-refractivity contribution in [1.29, 1.82) is 0 Å². The van der Waals surface area contributed by atoms with Gasteiger partial charge in [-0.05, 0) is 119 Å². The number of ether oxygens (including phenoxy) is 1. The maximum atomic E-state index is 15.5. The van der Waals surface area contributed by atoms with Crippen LogP contribution in [0.1, 0.15) is 75.4 Å². The number of carboxylic acids is 1. The smallest absolute Gasteiger partial charge is 0.307 e. The second-order valence-electron chi connectivity index (χ2n) is 13.7. The van der Waals surface area contributed by atoms with Gasteiger partial charge < -0.3 is 24.8 Å². The minimum absolute atomic E-state index is 0.233. The van der Waals surface area contributed by atoms with E-state index < -0.39 is 17.4 Å². The summed E-state index contributed by atoms with van der Waals surface area (Å²) in [7, 11) is 3.83. The fourth-order valence-electron chi connectivity index (χ4n) is 6.13. The topological polar surface area (TPSA) is 122 Å². The largest absolute Gasteiger partial charge is 0.490 e. The molecule has 0 spiro atoms. The molecule has 0 unspecified atom stereocenters. The van der Waals surface area contributed by atoms with Crippen molar-refractivity contribution in [2.45, 2.75) is 79.8 Å². The fraction of sp³-hybridized carbons (Fsp3) is 0.385. The lowest BCUT2D eigenvalue weighted by Crippen LogP contribution is -2.13. The van der Waals surface area contributed by atoms with Crippen molar-refractivity contribution < 1.29 is 24.1 Å². The second-order valence-corrected chi connectivity index (χ2v) is 14.7. The van der Waals surface area contributed by atoms with E-state index in [0.29, 0.717) is 51.8 Å². The van der Waals surface area contributed by atoms with Gasteiger partial charge >= 0.3 is 5.97 Å². The molecule has 0 bridgehead atoms. The molecule has 0 radical (unpaired) electrons. The summed E-state index contributed by atoms with van der Waals surface area (Å²) >= 11 is 1.48. The number of aliphatic hydroxyl groups is 1. The van der Waals surface area contributed by atoms with Crippen LogP contribution in [0.5, 0.6) is 5.75 Å². The van der Waals surface area contributed by atoms with Gasteiger partial charge in [-0.3, -0.25) is 4.79 Å². The third-order valence-electron chi connectivity index (χ3n) is 8.69. The summed E-state index contributed by atoms with van der Waals surface area (Å²) in [4.78, 5) is 16.9. The van der Waals surface area contributed by atoms with Crippen LogP contribution in [0.15, 0.2) is 35.9 Å². The number of carbonyl (C=O) groups is 1. The van der Waals surface area contributed by atoms with Crippen molar-refractivity contribution in [2.75, 3.05) is 19.0 Å². The molecule has 0 saturated carbocycles. The average molecular weight is 700 g/mol. The molecular formula is C39H46FN5O4S. The number of aromatic nitrogens is 4. The molecule has 1 aliphatic rings. The number of benzene rings is 2. The molecule has 3 N–H and O–H groups in total. The quantitative estimate of drug-likeness (QED) is 0.147. The minimum Gasteiger partial charge on any atom is -0.490 e. The van der Waals surface area contributed by atoms with E-state index in [-0.39, 0.29) is 6.42 Å². The number of nitrogens with one attached hydrogen (secondary N) is 1. The number of anilines is 1. The summed E-state index contributed by atoms with van der Waals surface area (Å²) in [5.41, 5.74) is 9.55.